The Morgan fingerprint density at radius 2 is 1.96 bits per heavy atom. The van der Waals surface area contributed by atoms with Crippen molar-refractivity contribution in [3.63, 3.8) is 0 Å². The summed E-state index contributed by atoms with van der Waals surface area (Å²) in [6, 6.07) is 8.87. The van der Waals surface area contributed by atoms with Crippen molar-refractivity contribution >= 4 is 5.91 Å². The molecule has 1 amide bonds. The molecule has 2 N–H and O–H groups in total. The fourth-order valence-electron chi connectivity index (χ4n) is 2.85. The van der Waals surface area contributed by atoms with Crippen molar-refractivity contribution in [1.29, 1.82) is 0 Å². The highest BCUT2D eigenvalue weighted by molar-refractivity contribution is 5.94. The Labute approximate surface area is 157 Å². The van der Waals surface area contributed by atoms with Gasteiger partial charge in [-0.1, -0.05) is 19.1 Å². The first-order valence-electron chi connectivity index (χ1n) is 8.95. The number of rotatable bonds is 6. The predicted octanol–water partition coefficient (Wildman–Crippen LogP) is 2.59. The van der Waals surface area contributed by atoms with Crippen LogP contribution in [-0.4, -0.2) is 25.7 Å². The fraction of sp³-hybridized carbons (Fsp3) is 0.300. The lowest BCUT2D eigenvalue weighted by molar-refractivity contribution is 0.0949. The molecular weight excluding hydrogens is 342 g/mol. The lowest BCUT2D eigenvalue weighted by Crippen LogP contribution is -2.24. The van der Waals surface area contributed by atoms with E-state index in [-0.39, 0.29) is 11.5 Å². The number of pyridine rings is 1. The number of aryl methyl sites for hydroxylation is 3. The van der Waals surface area contributed by atoms with Crippen molar-refractivity contribution in [2.45, 2.75) is 40.3 Å². The molecule has 0 atom stereocenters. The van der Waals surface area contributed by atoms with Crippen LogP contribution >= 0.6 is 0 Å². The highest BCUT2D eigenvalue weighted by Gasteiger charge is 2.10. The molecule has 1 aromatic carbocycles. The number of hydrogen-bond donors (Lipinski definition) is 2. The van der Waals surface area contributed by atoms with Crippen molar-refractivity contribution in [3.8, 4) is 11.1 Å². The summed E-state index contributed by atoms with van der Waals surface area (Å²) in [5.41, 5.74) is 3.64. The summed E-state index contributed by atoms with van der Waals surface area (Å²) in [6.45, 7) is 7.03. The van der Waals surface area contributed by atoms with Crippen molar-refractivity contribution in [3.05, 3.63) is 69.7 Å². The molecule has 0 aliphatic rings. The molecule has 3 aromatic rings. The van der Waals surface area contributed by atoms with Gasteiger partial charge in [0.05, 0.1) is 6.54 Å². The topological polar surface area (TPSA) is 92.7 Å². The van der Waals surface area contributed by atoms with Gasteiger partial charge in [-0.05, 0) is 49.6 Å². The number of nitrogens with one attached hydrogen (secondary N) is 2. The van der Waals surface area contributed by atoms with Crippen LogP contribution in [0.3, 0.4) is 0 Å². The molecule has 140 valence electrons. The standard InChI is InChI=1S/C20H23N5O2/c1-4-9-25-12-22-24-18(25)11-21-19(26)16-7-5-15(6-8-16)17-10-13(2)14(3)23-20(17)27/h5-8,10,12H,4,9,11H2,1-3H3,(H,21,26)(H,23,27). The van der Waals surface area contributed by atoms with Gasteiger partial charge in [0, 0.05) is 23.4 Å². The van der Waals surface area contributed by atoms with Crippen LogP contribution in [0.1, 0.15) is 40.8 Å². The van der Waals surface area contributed by atoms with E-state index in [0.29, 0.717) is 17.7 Å². The Hall–Kier alpha value is -3.22. The van der Waals surface area contributed by atoms with E-state index in [2.05, 4.69) is 27.4 Å². The molecule has 3 rings (SSSR count). The second-order valence-electron chi connectivity index (χ2n) is 6.52. The average Bonchev–Trinajstić information content (AvgIpc) is 3.10. The third-order valence-corrected chi connectivity index (χ3v) is 4.52. The molecule has 2 aromatic heterocycles. The second kappa shape index (κ2) is 7.99. The zero-order chi connectivity index (χ0) is 19.4. The molecular formula is C20H23N5O2. The number of H-pyrrole nitrogens is 1. The molecule has 27 heavy (non-hydrogen) atoms. The van der Waals surface area contributed by atoms with E-state index in [4.69, 9.17) is 0 Å². The molecule has 0 fully saturated rings. The molecule has 0 saturated heterocycles. The molecule has 0 radical (unpaired) electrons. The lowest BCUT2D eigenvalue weighted by Gasteiger charge is -2.08. The van der Waals surface area contributed by atoms with Gasteiger partial charge in [0.2, 0.25) is 0 Å². The van der Waals surface area contributed by atoms with E-state index in [0.717, 1.165) is 35.6 Å². The summed E-state index contributed by atoms with van der Waals surface area (Å²) in [5.74, 6) is 0.532. The molecule has 2 heterocycles. The number of aromatic nitrogens is 4. The Bertz CT molecular complexity index is 1000. The summed E-state index contributed by atoms with van der Waals surface area (Å²) >= 11 is 0. The van der Waals surface area contributed by atoms with Crippen LogP contribution in [0, 0.1) is 13.8 Å². The fourth-order valence-corrected chi connectivity index (χ4v) is 2.85. The molecule has 0 unspecified atom stereocenters. The zero-order valence-electron chi connectivity index (χ0n) is 15.7. The maximum Gasteiger partial charge on any atom is 0.256 e. The van der Waals surface area contributed by atoms with Crippen LogP contribution in [0.15, 0.2) is 41.5 Å². The van der Waals surface area contributed by atoms with E-state index >= 15 is 0 Å². The minimum Gasteiger partial charge on any atom is -0.345 e. The van der Waals surface area contributed by atoms with Crippen LogP contribution in [0.25, 0.3) is 11.1 Å². The Balaban J connectivity index is 1.71. The van der Waals surface area contributed by atoms with Gasteiger partial charge in [0.15, 0.2) is 5.82 Å². The molecule has 0 aliphatic carbocycles. The average molecular weight is 365 g/mol. The largest absolute Gasteiger partial charge is 0.345 e. The molecule has 7 heteroatoms. The number of hydrogen-bond acceptors (Lipinski definition) is 4. The van der Waals surface area contributed by atoms with Crippen molar-refractivity contribution in [2.75, 3.05) is 0 Å². The summed E-state index contributed by atoms with van der Waals surface area (Å²) in [4.78, 5) is 27.4. The van der Waals surface area contributed by atoms with Crippen LogP contribution in [-0.2, 0) is 13.1 Å². The molecule has 0 bridgehead atoms. The number of aromatic amines is 1. The van der Waals surface area contributed by atoms with Gasteiger partial charge in [0.25, 0.3) is 11.5 Å². The van der Waals surface area contributed by atoms with Gasteiger partial charge in [-0.25, -0.2) is 0 Å². The zero-order valence-corrected chi connectivity index (χ0v) is 15.7. The minimum absolute atomic E-state index is 0.134. The second-order valence-corrected chi connectivity index (χ2v) is 6.52. The first-order chi connectivity index (χ1) is 13.0. The van der Waals surface area contributed by atoms with Crippen LogP contribution in [0.2, 0.25) is 0 Å². The van der Waals surface area contributed by atoms with Crippen LogP contribution in [0.4, 0.5) is 0 Å². The maximum atomic E-state index is 12.4. The predicted molar refractivity (Wildman–Crippen MR) is 103 cm³/mol. The van der Waals surface area contributed by atoms with Crippen molar-refractivity contribution in [2.24, 2.45) is 0 Å². The third kappa shape index (κ3) is 4.13. The smallest absolute Gasteiger partial charge is 0.256 e. The normalized spacial score (nSPS) is 10.8. The van der Waals surface area contributed by atoms with E-state index in [1.165, 1.54) is 0 Å². The van der Waals surface area contributed by atoms with Gasteiger partial charge in [0.1, 0.15) is 6.33 Å². The van der Waals surface area contributed by atoms with Gasteiger partial charge >= 0.3 is 0 Å². The molecule has 7 nitrogen and oxygen atoms in total. The lowest BCUT2D eigenvalue weighted by atomic mass is 10.0. The monoisotopic (exact) mass is 365 g/mol. The number of benzene rings is 1. The number of carbonyl (C=O) groups is 1. The van der Waals surface area contributed by atoms with Crippen LogP contribution < -0.4 is 10.9 Å². The quantitative estimate of drug-likeness (QED) is 0.702. The van der Waals surface area contributed by atoms with Gasteiger partial charge < -0.3 is 14.9 Å². The first-order valence-corrected chi connectivity index (χ1v) is 8.95. The first kappa shape index (κ1) is 18.6. The van der Waals surface area contributed by atoms with Gasteiger partial charge in [-0.2, -0.15) is 0 Å². The molecule has 0 spiro atoms. The highest BCUT2D eigenvalue weighted by Crippen LogP contribution is 2.18. The maximum absolute atomic E-state index is 12.4. The SMILES string of the molecule is CCCn1cnnc1CNC(=O)c1ccc(-c2cc(C)c(C)[nH]c2=O)cc1. The highest BCUT2D eigenvalue weighted by atomic mass is 16.1. The summed E-state index contributed by atoms with van der Waals surface area (Å²) < 4.78 is 1.93. The number of nitrogens with zero attached hydrogens (tertiary/aromatic N) is 3. The Morgan fingerprint density at radius 1 is 1.22 bits per heavy atom. The summed E-state index contributed by atoms with van der Waals surface area (Å²) in [7, 11) is 0. The minimum atomic E-state index is -0.193. The van der Waals surface area contributed by atoms with E-state index in [9.17, 15) is 9.59 Å². The van der Waals surface area contributed by atoms with Gasteiger partial charge in [-0.15, -0.1) is 10.2 Å². The van der Waals surface area contributed by atoms with Gasteiger partial charge in [-0.3, -0.25) is 9.59 Å². The van der Waals surface area contributed by atoms with E-state index in [1.54, 1.807) is 30.6 Å². The number of carbonyl (C=O) groups excluding carboxylic acids is 1. The number of amides is 1. The Morgan fingerprint density at radius 3 is 2.67 bits per heavy atom. The molecule has 0 aliphatic heterocycles. The van der Waals surface area contributed by atoms with E-state index < -0.39 is 0 Å². The molecule has 0 saturated carbocycles. The third-order valence-electron chi connectivity index (χ3n) is 4.52. The van der Waals surface area contributed by atoms with E-state index in [1.807, 2.05) is 24.5 Å². The van der Waals surface area contributed by atoms with Crippen molar-refractivity contribution in [1.82, 2.24) is 25.1 Å². The van der Waals surface area contributed by atoms with Crippen molar-refractivity contribution < 1.29 is 4.79 Å². The summed E-state index contributed by atoms with van der Waals surface area (Å²) in [5, 5.41) is 10.8. The van der Waals surface area contributed by atoms with Crippen LogP contribution in [0.5, 0.6) is 0 Å². The summed E-state index contributed by atoms with van der Waals surface area (Å²) in [6.07, 6.45) is 2.64. The Kier molecular flexibility index (Phi) is 5.49.